The number of nitrogens with one attached hydrogen (secondary N) is 1. The number of rotatable bonds is 3. The molecule has 7 heteroatoms. The van der Waals surface area contributed by atoms with E-state index in [1.807, 2.05) is 72.8 Å². The molecule has 0 atom stereocenters. The third kappa shape index (κ3) is 3.76. The SMILES string of the molecule is O=C(Nc1nc2ccc(Br)cc2s1)c1cc(-c2cccc(Br)c2)nc2ccccc12. The highest BCUT2D eigenvalue weighted by Gasteiger charge is 2.16. The molecule has 0 bridgehead atoms. The van der Waals surface area contributed by atoms with Gasteiger partial charge in [-0.15, -0.1) is 0 Å². The number of aromatic nitrogens is 2. The molecule has 5 rings (SSSR count). The number of para-hydroxylation sites is 1. The molecule has 5 aromatic rings. The highest BCUT2D eigenvalue weighted by atomic mass is 79.9. The maximum Gasteiger partial charge on any atom is 0.258 e. The van der Waals surface area contributed by atoms with Gasteiger partial charge in [0.25, 0.3) is 5.91 Å². The van der Waals surface area contributed by atoms with Gasteiger partial charge in [0.2, 0.25) is 0 Å². The van der Waals surface area contributed by atoms with Crippen LogP contribution in [-0.4, -0.2) is 15.9 Å². The minimum atomic E-state index is -0.206. The minimum Gasteiger partial charge on any atom is -0.298 e. The Morgan fingerprint density at radius 2 is 1.67 bits per heavy atom. The van der Waals surface area contributed by atoms with Crippen LogP contribution >= 0.6 is 43.2 Å². The summed E-state index contributed by atoms with van der Waals surface area (Å²) in [4.78, 5) is 22.5. The van der Waals surface area contributed by atoms with E-state index < -0.39 is 0 Å². The number of hydrogen-bond acceptors (Lipinski definition) is 4. The third-order valence-electron chi connectivity index (χ3n) is 4.65. The summed E-state index contributed by atoms with van der Waals surface area (Å²) in [6, 6.07) is 23.3. The van der Waals surface area contributed by atoms with E-state index in [1.165, 1.54) is 11.3 Å². The van der Waals surface area contributed by atoms with Crippen molar-refractivity contribution in [1.82, 2.24) is 9.97 Å². The number of carbonyl (C=O) groups is 1. The molecular weight excluding hydrogens is 526 g/mol. The molecule has 0 spiro atoms. The molecule has 0 radical (unpaired) electrons. The molecule has 0 saturated heterocycles. The van der Waals surface area contributed by atoms with E-state index in [9.17, 15) is 4.79 Å². The van der Waals surface area contributed by atoms with Crippen LogP contribution in [0.3, 0.4) is 0 Å². The maximum atomic E-state index is 13.2. The van der Waals surface area contributed by atoms with Gasteiger partial charge in [0, 0.05) is 19.9 Å². The van der Waals surface area contributed by atoms with Crippen molar-refractivity contribution in [2.75, 3.05) is 5.32 Å². The molecule has 0 aliphatic carbocycles. The standard InChI is InChI=1S/C23H13Br2N3OS/c24-14-5-3-4-13(10-14)20-12-17(16-6-1-2-7-18(16)26-20)22(29)28-23-27-19-9-8-15(25)11-21(19)30-23/h1-12H,(H,27,28,29). The van der Waals surface area contributed by atoms with E-state index in [1.54, 1.807) is 0 Å². The predicted octanol–water partition coefficient (Wildman–Crippen LogP) is 7.29. The van der Waals surface area contributed by atoms with Crippen molar-refractivity contribution in [1.29, 1.82) is 0 Å². The number of anilines is 1. The van der Waals surface area contributed by atoms with Gasteiger partial charge < -0.3 is 0 Å². The molecule has 30 heavy (non-hydrogen) atoms. The van der Waals surface area contributed by atoms with Crippen molar-refractivity contribution in [2.24, 2.45) is 0 Å². The number of halogens is 2. The van der Waals surface area contributed by atoms with Crippen LogP contribution in [0.4, 0.5) is 5.13 Å². The van der Waals surface area contributed by atoms with E-state index in [4.69, 9.17) is 4.98 Å². The van der Waals surface area contributed by atoms with Gasteiger partial charge in [-0.2, -0.15) is 0 Å². The molecule has 0 saturated carbocycles. The van der Waals surface area contributed by atoms with E-state index in [-0.39, 0.29) is 5.91 Å². The first kappa shape index (κ1) is 19.4. The Morgan fingerprint density at radius 1 is 0.833 bits per heavy atom. The number of nitrogens with zero attached hydrogens (tertiary/aromatic N) is 2. The lowest BCUT2D eigenvalue weighted by atomic mass is 10.0. The van der Waals surface area contributed by atoms with E-state index in [2.05, 4.69) is 42.2 Å². The Hall–Kier alpha value is -2.61. The van der Waals surface area contributed by atoms with Crippen LogP contribution in [-0.2, 0) is 0 Å². The lowest BCUT2D eigenvalue weighted by Gasteiger charge is -2.10. The van der Waals surface area contributed by atoms with Crippen molar-refractivity contribution < 1.29 is 4.79 Å². The van der Waals surface area contributed by atoms with Crippen LogP contribution in [0.25, 0.3) is 32.4 Å². The molecule has 3 aromatic carbocycles. The lowest BCUT2D eigenvalue weighted by molar-refractivity contribution is 0.102. The largest absolute Gasteiger partial charge is 0.298 e. The maximum absolute atomic E-state index is 13.2. The van der Waals surface area contributed by atoms with Gasteiger partial charge in [0.05, 0.1) is 27.0 Å². The number of carbonyl (C=O) groups excluding carboxylic acids is 1. The zero-order valence-corrected chi connectivity index (χ0v) is 19.4. The molecule has 2 aromatic heterocycles. The van der Waals surface area contributed by atoms with Gasteiger partial charge in [-0.25, -0.2) is 9.97 Å². The fourth-order valence-electron chi connectivity index (χ4n) is 3.28. The fourth-order valence-corrected chi connectivity index (χ4v) is 5.09. The Bertz CT molecular complexity index is 1430. The summed E-state index contributed by atoms with van der Waals surface area (Å²) in [5.41, 5.74) is 3.87. The van der Waals surface area contributed by atoms with Crippen molar-refractivity contribution >= 4 is 75.4 Å². The molecule has 0 aliphatic rings. The summed E-state index contributed by atoms with van der Waals surface area (Å²) >= 11 is 8.43. The van der Waals surface area contributed by atoms with Gasteiger partial charge in [0.15, 0.2) is 5.13 Å². The van der Waals surface area contributed by atoms with Crippen molar-refractivity contribution in [2.45, 2.75) is 0 Å². The summed E-state index contributed by atoms with van der Waals surface area (Å²) in [5, 5.41) is 4.34. The van der Waals surface area contributed by atoms with Crippen LogP contribution in [0.15, 0.2) is 81.7 Å². The van der Waals surface area contributed by atoms with E-state index >= 15 is 0 Å². The molecular formula is C23H13Br2N3OS. The number of hydrogen-bond donors (Lipinski definition) is 1. The number of thiazole rings is 1. The number of pyridine rings is 1. The second kappa shape index (κ2) is 7.91. The first-order valence-corrected chi connectivity index (χ1v) is 11.5. The average Bonchev–Trinajstić information content (AvgIpc) is 3.14. The number of fused-ring (bicyclic) bond motifs is 2. The van der Waals surface area contributed by atoms with E-state index in [0.717, 1.165) is 41.3 Å². The van der Waals surface area contributed by atoms with Crippen molar-refractivity contribution in [3.8, 4) is 11.3 Å². The Labute approximate surface area is 193 Å². The van der Waals surface area contributed by atoms with Gasteiger partial charge in [-0.1, -0.05) is 73.5 Å². The topological polar surface area (TPSA) is 54.9 Å². The van der Waals surface area contributed by atoms with Gasteiger partial charge in [-0.05, 0) is 42.5 Å². The molecule has 4 nitrogen and oxygen atoms in total. The molecule has 0 aliphatic heterocycles. The summed E-state index contributed by atoms with van der Waals surface area (Å²) in [5.74, 6) is -0.206. The summed E-state index contributed by atoms with van der Waals surface area (Å²) in [6.07, 6.45) is 0. The van der Waals surface area contributed by atoms with Crippen molar-refractivity contribution in [3.63, 3.8) is 0 Å². The second-order valence-corrected chi connectivity index (χ2v) is 9.53. The normalized spacial score (nSPS) is 11.1. The molecule has 1 amide bonds. The lowest BCUT2D eigenvalue weighted by Crippen LogP contribution is -2.13. The first-order chi connectivity index (χ1) is 14.6. The predicted molar refractivity (Wildman–Crippen MR) is 130 cm³/mol. The highest BCUT2D eigenvalue weighted by Crippen LogP contribution is 2.30. The summed E-state index contributed by atoms with van der Waals surface area (Å²) in [7, 11) is 0. The fraction of sp³-hybridized carbons (Fsp3) is 0. The molecule has 0 unspecified atom stereocenters. The Balaban J connectivity index is 1.58. The van der Waals surface area contributed by atoms with Crippen LogP contribution in [0.1, 0.15) is 10.4 Å². The van der Waals surface area contributed by atoms with Gasteiger partial charge >= 0.3 is 0 Å². The number of amides is 1. The summed E-state index contributed by atoms with van der Waals surface area (Å²) < 4.78 is 2.95. The van der Waals surface area contributed by atoms with E-state index in [0.29, 0.717) is 10.7 Å². The smallest absolute Gasteiger partial charge is 0.258 e. The monoisotopic (exact) mass is 537 g/mol. The Kier molecular flexibility index (Phi) is 5.10. The zero-order chi connectivity index (χ0) is 20.7. The third-order valence-corrected chi connectivity index (χ3v) is 6.57. The quantitative estimate of drug-likeness (QED) is 0.262. The average molecular weight is 539 g/mol. The second-order valence-electron chi connectivity index (χ2n) is 6.67. The van der Waals surface area contributed by atoms with Gasteiger partial charge in [-0.3, -0.25) is 10.1 Å². The Morgan fingerprint density at radius 3 is 2.53 bits per heavy atom. The van der Waals surface area contributed by atoms with Gasteiger partial charge in [0.1, 0.15) is 0 Å². The zero-order valence-electron chi connectivity index (χ0n) is 15.4. The van der Waals surface area contributed by atoms with Crippen LogP contribution in [0.2, 0.25) is 0 Å². The molecule has 146 valence electrons. The minimum absolute atomic E-state index is 0.206. The molecule has 1 N–H and O–H groups in total. The van der Waals surface area contributed by atoms with Crippen LogP contribution in [0, 0.1) is 0 Å². The number of benzene rings is 3. The highest BCUT2D eigenvalue weighted by molar-refractivity contribution is 9.10. The molecule has 0 fully saturated rings. The van der Waals surface area contributed by atoms with Crippen molar-refractivity contribution in [3.05, 3.63) is 87.3 Å². The van der Waals surface area contributed by atoms with Crippen LogP contribution < -0.4 is 5.32 Å². The molecule has 2 heterocycles. The van der Waals surface area contributed by atoms with Crippen LogP contribution in [0.5, 0.6) is 0 Å². The first-order valence-electron chi connectivity index (χ1n) is 9.10. The summed E-state index contributed by atoms with van der Waals surface area (Å²) in [6.45, 7) is 0.